The Morgan fingerprint density at radius 3 is 2.75 bits per heavy atom. The number of unbranched alkanes of at least 4 members (excludes halogenated alkanes) is 1. The van der Waals surface area contributed by atoms with E-state index in [1.54, 1.807) is 0 Å². The molecule has 0 fully saturated rings. The molecule has 0 unspecified atom stereocenters. The molecule has 0 bridgehead atoms. The van der Waals surface area contributed by atoms with E-state index in [0.717, 1.165) is 11.8 Å². The quantitative estimate of drug-likeness (QED) is 0.570. The fourth-order valence-corrected chi connectivity index (χ4v) is 2.12. The van der Waals surface area contributed by atoms with Crippen LogP contribution in [0.3, 0.4) is 0 Å². The Labute approximate surface area is 76.5 Å². The maximum absolute atomic E-state index is 2.52. The molecule has 0 saturated heterocycles. The molecule has 1 aliphatic heterocycles. The van der Waals surface area contributed by atoms with E-state index in [1.165, 1.54) is 32.4 Å². The van der Waals surface area contributed by atoms with E-state index in [0.29, 0.717) is 0 Å². The van der Waals surface area contributed by atoms with Crippen molar-refractivity contribution >= 4 is 6.21 Å². The van der Waals surface area contributed by atoms with Gasteiger partial charge in [-0.1, -0.05) is 27.2 Å². The highest BCUT2D eigenvalue weighted by Gasteiger charge is 2.20. The average molecular weight is 168 g/mol. The van der Waals surface area contributed by atoms with Gasteiger partial charge < -0.3 is 0 Å². The second-order valence-electron chi connectivity index (χ2n) is 4.32. The number of hydrogen-bond donors (Lipinski definition) is 0. The largest absolute Gasteiger partial charge is 0.239 e. The predicted molar refractivity (Wildman–Crippen MR) is 53.9 cm³/mol. The molecule has 1 heterocycles. The van der Waals surface area contributed by atoms with Gasteiger partial charge in [-0.3, -0.25) is 0 Å². The van der Waals surface area contributed by atoms with Crippen LogP contribution in [0.5, 0.6) is 0 Å². The van der Waals surface area contributed by atoms with Crippen molar-refractivity contribution in [2.45, 2.75) is 40.0 Å². The normalized spacial score (nSPS) is 30.1. The summed E-state index contributed by atoms with van der Waals surface area (Å²) in [5.41, 5.74) is 0. The highest BCUT2D eigenvalue weighted by Crippen LogP contribution is 2.15. The van der Waals surface area contributed by atoms with Crippen molar-refractivity contribution in [1.29, 1.82) is 0 Å². The molecule has 2 atom stereocenters. The van der Waals surface area contributed by atoms with Crippen molar-refractivity contribution in [2.24, 2.45) is 11.8 Å². The van der Waals surface area contributed by atoms with Gasteiger partial charge in [0.2, 0.25) is 0 Å². The number of hydrogen-bond acceptors (Lipinski definition) is 0. The van der Waals surface area contributed by atoms with E-state index < -0.39 is 0 Å². The van der Waals surface area contributed by atoms with Gasteiger partial charge in [-0.15, -0.1) is 0 Å². The third kappa shape index (κ3) is 2.96. The van der Waals surface area contributed by atoms with Gasteiger partial charge in [-0.05, 0) is 6.42 Å². The molecule has 0 aromatic carbocycles. The summed E-state index contributed by atoms with van der Waals surface area (Å²) in [5.74, 6) is 1.69. The van der Waals surface area contributed by atoms with Crippen molar-refractivity contribution in [1.82, 2.24) is 0 Å². The maximum atomic E-state index is 2.52. The lowest BCUT2D eigenvalue weighted by molar-refractivity contribution is -0.537. The van der Waals surface area contributed by atoms with Gasteiger partial charge in [0.25, 0.3) is 0 Å². The lowest BCUT2D eigenvalue weighted by Crippen LogP contribution is -2.29. The highest BCUT2D eigenvalue weighted by atomic mass is 15.0. The van der Waals surface area contributed by atoms with Crippen molar-refractivity contribution < 1.29 is 4.58 Å². The van der Waals surface area contributed by atoms with E-state index in [1.807, 2.05) is 0 Å². The van der Waals surface area contributed by atoms with Crippen molar-refractivity contribution in [3.63, 3.8) is 0 Å². The zero-order valence-electron chi connectivity index (χ0n) is 8.71. The summed E-state index contributed by atoms with van der Waals surface area (Å²) in [6.07, 6.45) is 6.46. The molecule has 12 heavy (non-hydrogen) atoms. The Bertz CT molecular complexity index is 160. The topological polar surface area (TPSA) is 3.01 Å². The van der Waals surface area contributed by atoms with E-state index in [-0.39, 0.29) is 0 Å². The summed E-state index contributed by atoms with van der Waals surface area (Å²) < 4.78 is 2.52. The second-order valence-corrected chi connectivity index (χ2v) is 4.32. The molecule has 0 aromatic rings. The fraction of sp³-hybridized carbons (Fsp3) is 0.909. The minimum atomic E-state index is 0.797. The first kappa shape index (κ1) is 9.76. The van der Waals surface area contributed by atoms with Gasteiger partial charge in [0.05, 0.1) is 0 Å². The third-order valence-corrected chi connectivity index (χ3v) is 2.58. The monoisotopic (exact) mass is 168 g/mol. The fourth-order valence-electron chi connectivity index (χ4n) is 2.12. The predicted octanol–water partition coefficient (Wildman–Crippen LogP) is 2.55. The van der Waals surface area contributed by atoms with Crippen LogP contribution in [0.4, 0.5) is 0 Å². The minimum Gasteiger partial charge on any atom is -0.239 e. The van der Waals surface area contributed by atoms with Gasteiger partial charge in [-0.25, -0.2) is 4.58 Å². The summed E-state index contributed by atoms with van der Waals surface area (Å²) in [6.45, 7) is 9.50. The van der Waals surface area contributed by atoms with Crippen LogP contribution in [-0.2, 0) is 0 Å². The smallest absolute Gasteiger partial charge is 0.145 e. The Morgan fingerprint density at radius 2 is 2.17 bits per heavy atom. The van der Waals surface area contributed by atoms with Gasteiger partial charge in [0.1, 0.15) is 19.3 Å². The van der Waals surface area contributed by atoms with Crippen LogP contribution in [0.1, 0.15) is 40.0 Å². The molecular weight excluding hydrogens is 146 g/mol. The van der Waals surface area contributed by atoms with Crippen LogP contribution < -0.4 is 0 Å². The zero-order chi connectivity index (χ0) is 8.97. The second kappa shape index (κ2) is 4.64. The molecule has 1 rings (SSSR count). The lowest BCUT2D eigenvalue weighted by Gasteiger charge is -2.18. The first-order valence-corrected chi connectivity index (χ1v) is 5.31. The summed E-state index contributed by atoms with van der Waals surface area (Å²) in [5, 5.41) is 0. The molecule has 0 aromatic heterocycles. The SMILES string of the molecule is CCCC[N+]1=C[C@@H](C)C[C@@H](C)C1. The Kier molecular flexibility index (Phi) is 3.77. The van der Waals surface area contributed by atoms with Gasteiger partial charge in [0, 0.05) is 18.3 Å². The summed E-state index contributed by atoms with van der Waals surface area (Å²) in [4.78, 5) is 0. The Morgan fingerprint density at radius 1 is 1.42 bits per heavy atom. The van der Waals surface area contributed by atoms with Crippen LogP contribution in [0, 0.1) is 11.8 Å². The van der Waals surface area contributed by atoms with Crippen LogP contribution in [0.25, 0.3) is 0 Å². The Balaban J connectivity index is 2.40. The van der Waals surface area contributed by atoms with E-state index in [9.17, 15) is 0 Å². The molecular formula is C11H22N+. The molecule has 1 heteroatoms. The van der Waals surface area contributed by atoms with Crippen molar-refractivity contribution in [2.75, 3.05) is 13.1 Å². The van der Waals surface area contributed by atoms with Gasteiger partial charge in [-0.2, -0.15) is 0 Å². The third-order valence-electron chi connectivity index (χ3n) is 2.58. The van der Waals surface area contributed by atoms with Crippen molar-refractivity contribution in [3.05, 3.63) is 0 Å². The molecule has 0 N–H and O–H groups in total. The summed E-state index contributed by atoms with van der Waals surface area (Å²) in [6, 6.07) is 0. The number of rotatable bonds is 3. The molecule has 0 spiro atoms. The first-order valence-electron chi connectivity index (χ1n) is 5.31. The van der Waals surface area contributed by atoms with Gasteiger partial charge in [0.15, 0.2) is 0 Å². The van der Waals surface area contributed by atoms with E-state index in [4.69, 9.17) is 0 Å². The molecule has 0 aliphatic carbocycles. The highest BCUT2D eigenvalue weighted by molar-refractivity contribution is 5.55. The standard InChI is InChI=1S/C11H22N/c1-4-5-6-12-8-10(2)7-11(3)9-12/h8,10-11H,4-7,9H2,1-3H3/q+1/t10-,11+/m0/s1. The van der Waals surface area contributed by atoms with Crippen LogP contribution in [0.2, 0.25) is 0 Å². The molecule has 70 valence electrons. The van der Waals surface area contributed by atoms with E-state index in [2.05, 4.69) is 31.6 Å². The van der Waals surface area contributed by atoms with Crippen molar-refractivity contribution in [3.8, 4) is 0 Å². The lowest BCUT2D eigenvalue weighted by atomic mass is 9.95. The summed E-state index contributed by atoms with van der Waals surface area (Å²) in [7, 11) is 0. The molecule has 0 radical (unpaired) electrons. The van der Waals surface area contributed by atoms with E-state index >= 15 is 0 Å². The van der Waals surface area contributed by atoms with Gasteiger partial charge >= 0.3 is 0 Å². The summed E-state index contributed by atoms with van der Waals surface area (Å²) >= 11 is 0. The first-order chi connectivity index (χ1) is 5.72. The number of nitrogens with zero attached hydrogens (tertiary/aromatic N) is 1. The molecule has 1 nitrogen and oxygen atoms in total. The molecule has 0 amide bonds. The Hall–Kier alpha value is -0.330. The van der Waals surface area contributed by atoms with Crippen LogP contribution in [-0.4, -0.2) is 23.9 Å². The molecule has 1 aliphatic rings. The molecule has 0 saturated carbocycles. The maximum Gasteiger partial charge on any atom is 0.145 e. The van der Waals surface area contributed by atoms with Crippen LogP contribution >= 0.6 is 0 Å². The zero-order valence-corrected chi connectivity index (χ0v) is 8.71. The average Bonchev–Trinajstić information content (AvgIpc) is 1.99. The van der Waals surface area contributed by atoms with Crippen LogP contribution in [0.15, 0.2) is 0 Å². The minimum absolute atomic E-state index is 0.797.